The number of aromatic nitrogens is 2. The Balaban J connectivity index is 2.40. The zero-order chi connectivity index (χ0) is 21.9. The first-order valence-corrected chi connectivity index (χ1v) is 9.73. The maximum Gasteiger partial charge on any atom is 0.234 e. The quantitative estimate of drug-likeness (QED) is 0.361. The number of hydrogen-bond acceptors (Lipinski definition) is 8. The second kappa shape index (κ2) is 11.5. The first kappa shape index (κ1) is 22.8. The number of nitrogens with one attached hydrogen (secondary N) is 3. The summed E-state index contributed by atoms with van der Waals surface area (Å²) in [7, 11) is 1.77. The minimum Gasteiger partial charge on any atom is -0.474 e. The third kappa shape index (κ3) is 6.28. The maximum absolute atomic E-state index is 11.0. The van der Waals surface area contributed by atoms with Crippen molar-refractivity contribution in [3.05, 3.63) is 47.9 Å². The lowest BCUT2D eigenvalue weighted by atomic mass is 10.1. The average molecular weight is 412 g/mol. The van der Waals surface area contributed by atoms with Gasteiger partial charge in [-0.2, -0.15) is 4.98 Å². The Morgan fingerprint density at radius 1 is 1.17 bits per heavy atom. The van der Waals surface area contributed by atoms with Crippen molar-refractivity contribution in [3.63, 3.8) is 0 Å². The number of ether oxygens (including phenoxy) is 1. The molecule has 0 atom stereocenters. The molecule has 2 rings (SSSR count). The number of anilines is 2. The Hall–Kier alpha value is -3.46. The number of imide groups is 1. The van der Waals surface area contributed by atoms with Gasteiger partial charge in [0, 0.05) is 18.3 Å². The molecule has 3 N–H and O–H groups in total. The van der Waals surface area contributed by atoms with Gasteiger partial charge in [0.05, 0.1) is 29.9 Å². The van der Waals surface area contributed by atoms with Crippen LogP contribution < -0.4 is 25.8 Å². The van der Waals surface area contributed by atoms with Gasteiger partial charge in [-0.1, -0.05) is 25.5 Å². The number of allylic oxidation sites excluding steroid dienone is 1. The highest BCUT2D eigenvalue weighted by Gasteiger charge is 2.12. The van der Waals surface area contributed by atoms with Crippen molar-refractivity contribution >= 4 is 30.0 Å². The van der Waals surface area contributed by atoms with Crippen molar-refractivity contribution < 1.29 is 14.3 Å². The zero-order valence-corrected chi connectivity index (χ0v) is 17.7. The molecule has 0 spiro atoms. The van der Waals surface area contributed by atoms with Crippen LogP contribution in [0.3, 0.4) is 0 Å². The van der Waals surface area contributed by atoms with Crippen LogP contribution in [0.1, 0.15) is 39.2 Å². The van der Waals surface area contributed by atoms with Gasteiger partial charge < -0.3 is 15.5 Å². The highest BCUT2D eigenvalue weighted by Crippen LogP contribution is 2.24. The van der Waals surface area contributed by atoms with Crippen LogP contribution in [-0.4, -0.2) is 35.9 Å². The molecule has 2 aromatic rings. The van der Waals surface area contributed by atoms with Gasteiger partial charge in [0.2, 0.25) is 18.7 Å². The van der Waals surface area contributed by atoms with E-state index in [1.165, 1.54) is 0 Å². The van der Waals surface area contributed by atoms with Crippen LogP contribution in [0.15, 0.2) is 42.4 Å². The molecular weight excluding hydrogens is 384 g/mol. The van der Waals surface area contributed by atoms with Gasteiger partial charge in [0.15, 0.2) is 5.82 Å². The van der Waals surface area contributed by atoms with E-state index in [4.69, 9.17) is 4.74 Å². The van der Waals surface area contributed by atoms with E-state index in [-0.39, 0.29) is 6.10 Å². The van der Waals surface area contributed by atoms with Gasteiger partial charge in [0.25, 0.3) is 0 Å². The summed E-state index contributed by atoms with van der Waals surface area (Å²) in [4.78, 5) is 31.6. The number of hydrazine groups is 1. The molecule has 0 saturated heterocycles. The largest absolute Gasteiger partial charge is 0.474 e. The SMILES string of the molecule is CCC/C(Nc1cncc(OC(C)C)n1)=C(\NNC)c1ccc(N(C=O)C=O)cc1. The Kier molecular flexibility index (Phi) is 8.76. The number of amides is 2. The Morgan fingerprint density at radius 3 is 2.43 bits per heavy atom. The molecule has 160 valence electrons. The lowest BCUT2D eigenvalue weighted by molar-refractivity contribution is -0.113. The van der Waals surface area contributed by atoms with Crippen LogP contribution in [0.5, 0.6) is 5.88 Å². The van der Waals surface area contributed by atoms with Crippen LogP contribution in [-0.2, 0) is 9.59 Å². The van der Waals surface area contributed by atoms with E-state index in [9.17, 15) is 9.59 Å². The topological polar surface area (TPSA) is 108 Å². The van der Waals surface area contributed by atoms with E-state index >= 15 is 0 Å². The molecule has 0 fully saturated rings. The van der Waals surface area contributed by atoms with Gasteiger partial charge in [-0.05, 0) is 32.4 Å². The van der Waals surface area contributed by atoms with E-state index in [0.717, 1.165) is 34.7 Å². The minimum absolute atomic E-state index is 0.00228. The first-order chi connectivity index (χ1) is 14.5. The fourth-order valence-electron chi connectivity index (χ4n) is 2.75. The van der Waals surface area contributed by atoms with Gasteiger partial charge in [-0.25, -0.2) is 5.43 Å². The number of benzene rings is 1. The van der Waals surface area contributed by atoms with Crippen molar-refractivity contribution in [2.75, 3.05) is 17.3 Å². The lowest BCUT2D eigenvalue weighted by Crippen LogP contribution is -2.28. The Labute approximate surface area is 176 Å². The fourth-order valence-corrected chi connectivity index (χ4v) is 2.75. The molecule has 0 aliphatic heterocycles. The van der Waals surface area contributed by atoms with Gasteiger partial charge in [0.1, 0.15) is 0 Å². The Bertz CT molecular complexity index is 859. The maximum atomic E-state index is 11.0. The molecule has 9 nitrogen and oxygen atoms in total. The summed E-state index contributed by atoms with van der Waals surface area (Å²) in [6, 6.07) is 7.07. The zero-order valence-electron chi connectivity index (χ0n) is 17.7. The van der Waals surface area contributed by atoms with Crippen molar-refractivity contribution in [3.8, 4) is 5.88 Å². The van der Waals surface area contributed by atoms with E-state index in [2.05, 4.69) is 33.1 Å². The third-order valence-electron chi connectivity index (χ3n) is 3.98. The van der Waals surface area contributed by atoms with Crippen LogP contribution in [0.4, 0.5) is 11.5 Å². The number of nitrogens with zero attached hydrogens (tertiary/aromatic N) is 3. The van der Waals surface area contributed by atoms with E-state index < -0.39 is 0 Å². The standard InChI is InChI=1S/C21H28N6O3/c1-5-6-18(24-19-11-23-12-20(25-19)30-15(2)3)21(26-22-4)16-7-9-17(10-8-16)27(13-28)14-29/h7-15,22,26H,5-6H2,1-4H3,(H,24,25)/b21-18+. The van der Waals surface area contributed by atoms with Crippen LogP contribution in [0.25, 0.3) is 5.70 Å². The number of carbonyl (C=O) groups excluding carboxylic acids is 2. The predicted molar refractivity (Wildman–Crippen MR) is 116 cm³/mol. The smallest absolute Gasteiger partial charge is 0.234 e. The average Bonchev–Trinajstić information content (AvgIpc) is 2.73. The lowest BCUT2D eigenvalue weighted by Gasteiger charge is -2.19. The molecule has 1 aromatic heterocycles. The molecule has 0 unspecified atom stereocenters. The summed E-state index contributed by atoms with van der Waals surface area (Å²) >= 11 is 0. The number of hydrogen-bond donors (Lipinski definition) is 3. The molecule has 1 heterocycles. The van der Waals surface area contributed by atoms with E-state index in [1.54, 1.807) is 31.6 Å². The summed E-state index contributed by atoms with van der Waals surface area (Å²) in [5, 5.41) is 3.34. The summed E-state index contributed by atoms with van der Waals surface area (Å²) < 4.78 is 5.63. The second-order valence-electron chi connectivity index (χ2n) is 6.68. The third-order valence-corrected chi connectivity index (χ3v) is 3.98. The monoisotopic (exact) mass is 412 g/mol. The highest BCUT2D eigenvalue weighted by atomic mass is 16.5. The molecule has 30 heavy (non-hydrogen) atoms. The van der Waals surface area contributed by atoms with Crippen molar-refractivity contribution in [2.24, 2.45) is 0 Å². The second-order valence-corrected chi connectivity index (χ2v) is 6.68. The molecule has 0 bridgehead atoms. The van der Waals surface area contributed by atoms with E-state index in [1.807, 2.05) is 26.0 Å². The number of rotatable bonds is 12. The fraction of sp³-hybridized carbons (Fsp3) is 0.333. The van der Waals surface area contributed by atoms with Gasteiger partial charge in [-0.15, -0.1) is 0 Å². The normalized spacial score (nSPS) is 11.5. The van der Waals surface area contributed by atoms with Crippen LogP contribution in [0.2, 0.25) is 0 Å². The minimum atomic E-state index is -0.00228. The molecule has 0 saturated carbocycles. The molecule has 0 aliphatic carbocycles. The Morgan fingerprint density at radius 2 is 1.87 bits per heavy atom. The van der Waals surface area contributed by atoms with Gasteiger partial charge in [-0.3, -0.25) is 19.5 Å². The van der Waals surface area contributed by atoms with Crippen LogP contribution in [0, 0.1) is 0 Å². The molecule has 2 amide bonds. The van der Waals surface area contributed by atoms with Gasteiger partial charge >= 0.3 is 0 Å². The highest BCUT2D eigenvalue weighted by molar-refractivity contribution is 5.95. The summed E-state index contributed by atoms with van der Waals surface area (Å²) in [6.07, 6.45) is 5.80. The summed E-state index contributed by atoms with van der Waals surface area (Å²) in [5.74, 6) is 1.01. The summed E-state index contributed by atoms with van der Waals surface area (Å²) in [5.41, 5.74) is 9.18. The summed E-state index contributed by atoms with van der Waals surface area (Å²) in [6.45, 7) is 5.94. The first-order valence-electron chi connectivity index (χ1n) is 9.73. The predicted octanol–water partition coefficient (Wildman–Crippen LogP) is 2.69. The molecule has 9 heteroatoms. The van der Waals surface area contributed by atoms with Crippen LogP contribution >= 0.6 is 0 Å². The van der Waals surface area contributed by atoms with E-state index in [0.29, 0.717) is 30.2 Å². The molecular formula is C21H28N6O3. The van der Waals surface area contributed by atoms with Crippen molar-refractivity contribution in [1.29, 1.82) is 0 Å². The number of carbonyl (C=O) groups is 2. The molecule has 0 radical (unpaired) electrons. The molecule has 0 aliphatic rings. The van der Waals surface area contributed by atoms with Crippen molar-refractivity contribution in [2.45, 2.75) is 39.7 Å². The van der Waals surface area contributed by atoms with Crippen molar-refractivity contribution in [1.82, 2.24) is 20.8 Å². The molecule has 1 aromatic carbocycles.